The fourth-order valence-corrected chi connectivity index (χ4v) is 4.56. The molecule has 0 aliphatic carbocycles. The SMILES string of the molecule is CC(C)P(NC1=NCCc2ccccc21)C(C)C. The van der Waals surface area contributed by atoms with E-state index in [1.807, 2.05) is 0 Å². The molecule has 1 aromatic rings. The molecule has 98 valence electrons. The third kappa shape index (κ3) is 2.92. The van der Waals surface area contributed by atoms with Crippen molar-refractivity contribution in [2.45, 2.75) is 45.4 Å². The van der Waals surface area contributed by atoms with Crippen molar-refractivity contribution < 1.29 is 0 Å². The van der Waals surface area contributed by atoms with Gasteiger partial charge in [-0.05, 0) is 31.4 Å². The number of benzene rings is 1. The second-order valence-electron chi connectivity index (χ2n) is 5.34. The number of rotatable bonds is 3. The van der Waals surface area contributed by atoms with Gasteiger partial charge in [-0.1, -0.05) is 52.0 Å². The average Bonchev–Trinajstić information content (AvgIpc) is 2.35. The molecular weight excluding hydrogens is 239 g/mol. The summed E-state index contributed by atoms with van der Waals surface area (Å²) in [5, 5.41) is 3.73. The minimum Gasteiger partial charge on any atom is -0.348 e. The molecule has 1 aliphatic heterocycles. The lowest BCUT2D eigenvalue weighted by Gasteiger charge is -2.29. The van der Waals surface area contributed by atoms with E-state index < -0.39 is 0 Å². The van der Waals surface area contributed by atoms with Gasteiger partial charge in [0.2, 0.25) is 0 Å². The maximum Gasteiger partial charge on any atom is 0.131 e. The van der Waals surface area contributed by atoms with Gasteiger partial charge in [-0.15, -0.1) is 0 Å². The monoisotopic (exact) mass is 262 g/mol. The first-order chi connectivity index (χ1) is 8.59. The molecular formula is C15H23N2P. The largest absolute Gasteiger partial charge is 0.348 e. The first-order valence-corrected chi connectivity index (χ1v) is 8.25. The van der Waals surface area contributed by atoms with E-state index in [1.54, 1.807) is 0 Å². The van der Waals surface area contributed by atoms with Gasteiger partial charge in [0, 0.05) is 12.1 Å². The zero-order valence-corrected chi connectivity index (χ0v) is 12.7. The topological polar surface area (TPSA) is 24.4 Å². The molecule has 0 atom stereocenters. The smallest absolute Gasteiger partial charge is 0.131 e. The highest BCUT2D eigenvalue weighted by Gasteiger charge is 2.21. The van der Waals surface area contributed by atoms with Crippen molar-refractivity contribution in [2.75, 3.05) is 6.54 Å². The Kier molecular flexibility index (Phi) is 4.40. The lowest BCUT2D eigenvalue weighted by atomic mass is 10.0. The molecule has 2 rings (SSSR count). The van der Waals surface area contributed by atoms with Gasteiger partial charge in [-0.2, -0.15) is 0 Å². The Labute approximate surface area is 112 Å². The molecule has 1 aromatic carbocycles. The van der Waals surface area contributed by atoms with Crippen LogP contribution in [0.2, 0.25) is 0 Å². The van der Waals surface area contributed by atoms with Crippen LogP contribution in [0.25, 0.3) is 0 Å². The van der Waals surface area contributed by atoms with Crippen molar-refractivity contribution in [2.24, 2.45) is 4.99 Å². The van der Waals surface area contributed by atoms with E-state index in [0.717, 1.165) is 18.8 Å². The van der Waals surface area contributed by atoms with Crippen LogP contribution < -0.4 is 5.09 Å². The molecule has 18 heavy (non-hydrogen) atoms. The number of amidine groups is 1. The number of hydrogen-bond donors (Lipinski definition) is 1. The van der Waals surface area contributed by atoms with Crippen molar-refractivity contribution in [3.63, 3.8) is 0 Å². The summed E-state index contributed by atoms with van der Waals surface area (Å²) in [6.45, 7) is 10.1. The predicted octanol–water partition coefficient (Wildman–Crippen LogP) is 3.79. The van der Waals surface area contributed by atoms with Crippen molar-refractivity contribution in [3.8, 4) is 0 Å². The molecule has 2 nitrogen and oxygen atoms in total. The van der Waals surface area contributed by atoms with Crippen LogP contribution in [0.5, 0.6) is 0 Å². The molecule has 1 N–H and O–H groups in total. The second-order valence-corrected chi connectivity index (χ2v) is 8.45. The standard InChI is InChI=1S/C15H23N2P/c1-11(2)18(12(3)4)17-15-14-8-6-5-7-13(14)9-10-16-15/h5-8,11-12H,9-10H2,1-4H3,(H,16,17). The third-order valence-electron chi connectivity index (χ3n) is 3.27. The quantitative estimate of drug-likeness (QED) is 0.823. The fraction of sp³-hybridized carbons (Fsp3) is 0.533. The first kappa shape index (κ1) is 13.5. The fourth-order valence-electron chi connectivity index (χ4n) is 2.42. The maximum absolute atomic E-state index is 4.70. The molecule has 0 saturated heterocycles. The number of nitrogens with one attached hydrogen (secondary N) is 1. The van der Waals surface area contributed by atoms with Gasteiger partial charge in [-0.3, -0.25) is 4.99 Å². The van der Waals surface area contributed by atoms with Crippen molar-refractivity contribution in [1.29, 1.82) is 0 Å². The van der Waals surface area contributed by atoms with Gasteiger partial charge in [0.05, 0.1) is 0 Å². The summed E-state index contributed by atoms with van der Waals surface area (Å²) in [6.07, 6.45) is 1.07. The van der Waals surface area contributed by atoms with E-state index in [0.29, 0.717) is 11.3 Å². The molecule has 0 bridgehead atoms. The Hall–Kier alpha value is -0.880. The highest BCUT2D eigenvalue weighted by atomic mass is 31.1. The molecule has 0 fully saturated rings. The predicted molar refractivity (Wildman–Crippen MR) is 81.9 cm³/mol. The van der Waals surface area contributed by atoms with Crippen LogP contribution in [0, 0.1) is 0 Å². The average molecular weight is 262 g/mol. The summed E-state index contributed by atoms with van der Waals surface area (Å²) in [7, 11) is -0.207. The van der Waals surface area contributed by atoms with Crippen LogP contribution in [0.15, 0.2) is 29.3 Å². The van der Waals surface area contributed by atoms with E-state index in [9.17, 15) is 0 Å². The van der Waals surface area contributed by atoms with E-state index in [4.69, 9.17) is 4.99 Å². The van der Waals surface area contributed by atoms with Crippen LogP contribution in [0.4, 0.5) is 0 Å². The minimum atomic E-state index is -0.207. The summed E-state index contributed by atoms with van der Waals surface area (Å²) >= 11 is 0. The van der Waals surface area contributed by atoms with Gasteiger partial charge in [0.25, 0.3) is 0 Å². The van der Waals surface area contributed by atoms with E-state index >= 15 is 0 Å². The lowest BCUT2D eigenvalue weighted by Crippen LogP contribution is -2.29. The highest BCUT2D eigenvalue weighted by molar-refractivity contribution is 7.57. The zero-order valence-electron chi connectivity index (χ0n) is 11.8. The summed E-state index contributed by atoms with van der Waals surface area (Å²) in [4.78, 5) is 4.70. The molecule has 0 unspecified atom stereocenters. The second kappa shape index (κ2) is 5.84. The number of nitrogens with zero attached hydrogens (tertiary/aromatic N) is 1. The molecule has 1 heterocycles. The maximum atomic E-state index is 4.70. The van der Waals surface area contributed by atoms with Gasteiger partial charge in [0.1, 0.15) is 5.84 Å². The minimum absolute atomic E-state index is 0.207. The zero-order chi connectivity index (χ0) is 13.1. The van der Waals surface area contributed by atoms with Gasteiger partial charge >= 0.3 is 0 Å². The van der Waals surface area contributed by atoms with Crippen LogP contribution in [-0.4, -0.2) is 23.7 Å². The number of aliphatic imine (C=N–C) groups is 1. The van der Waals surface area contributed by atoms with E-state index in [2.05, 4.69) is 57.0 Å². The van der Waals surface area contributed by atoms with Gasteiger partial charge in [-0.25, -0.2) is 0 Å². The van der Waals surface area contributed by atoms with Crippen molar-refractivity contribution in [3.05, 3.63) is 35.4 Å². The number of fused-ring (bicyclic) bond motifs is 1. The summed E-state index contributed by atoms with van der Waals surface area (Å²) < 4.78 is 0. The van der Waals surface area contributed by atoms with Crippen LogP contribution in [0.3, 0.4) is 0 Å². The Morgan fingerprint density at radius 1 is 1.11 bits per heavy atom. The molecule has 0 radical (unpaired) electrons. The summed E-state index contributed by atoms with van der Waals surface area (Å²) in [5.41, 5.74) is 4.09. The highest BCUT2D eigenvalue weighted by Crippen LogP contribution is 2.42. The van der Waals surface area contributed by atoms with Gasteiger partial charge in [0.15, 0.2) is 0 Å². The molecule has 0 amide bonds. The van der Waals surface area contributed by atoms with Crippen LogP contribution >= 0.6 is 8.07 Å². The van der Waals surface area contributed by atoms with Crippen molar-refractivity contribution >= 4 is 13.9 Å². The Balaban J connectivity index is 2.21. The van der Waals surface area contributed by atoms with Crippen LogP contribution in [-0.2, 0) is 6.42 Å². The molecule has 3 heteroatoms. The summed E-state index contributed by atoms with van der Waals surface area (Å²) in [5.74, 6) is 1.12. The molecule has 0 spiro atoms. The van der Waals surface area contributed by atoms with Crippen LogP contribution in [0.1, 0.15) is 38.8 Å². The first-order valence-electron chi connectivity index (χ1n) is 6.77. The van der Waals surface area contributed by atoms with E-state index in [-0.39, 0.29) is 8.07 Å². The Bertz CT molecular complexity index is 430. The molecule has 0 aromatic heterocycles. The van der Waals surface area contributed by atoms with Crippen molar-refractivity contribution in [1.82, 2.24) is 5.09 Å². The molecule has 0 saturated carbocycles. The number of hydrogen-bond acceptors (Lipinski definition) is 2. The molecule has 1 aliphatic rings. The Morgan fingerprint density at radius 3 is 2.44 bits per heavy atom. The van der Waals surface area contributed by atoms with Gasteiger partial charge < -0.3 is 5.09 Å². The summed E-state index contributed by atoms with van der Waals surface area (Å²) in [6, 6.07) is 8.64. The Morgan fingerprint density at radius 2 is 1.78 bits per heavy atom. The van der Waals surface area contributed by atoms with E-state index in [1.165, 1.54) is 11.1 Å². The lowest BCUT2D eigenvalue weighted by molar-refractivity contribution is 0.926. The normalized spacial score (nSPS) is 14.9. The third-order valence-corrected chi connectivity index (χ3v) is 5.97.